The van der Waals surface area contributed by atoms with Crippen LogP contribution in [0.2, 0.25) is 0 Å². The minimum Gasteiger partial charge on any atom is -0.492 e. The van der Waals surface area contributed by atoms with Gasteiger partial charge in [-0.1, -0.05) is 37.9 Å². The maximum absolute atomic E-state index is 12.1. The largest absolute Gasteiger partial charge is 0.492 e. The van der Waals surface area contributed by atoms with Crippen molar-refractivity contribution in [2.75, 3.05) is 19.7 Å². The number of allylic oxidation sites excluding steroid dienone is 3. The Balaban J connectivity index is 0. The van der Waals surface area contributed by atoms with Gasteiger partial charge in [0.05, 0.1) is 30.5 Å². The summed E-state index contributed by atoms with van der Waals surface area (Å²) < 4.78 is 43.2. The highest BCUT2D eigenvalue weighted by Gasteiger charge is 2.22. The van der Waals surface area contributed by atoms with Gasteiger partial charge in [0.15, 0.2) is 12.7 Å². The molecule has 1 unspecified atom stereocenters. The minimum atomic E-state index is -0.755. The van der Waals surface area contributed by atoms with Crippen molar-refractivity contribution in [2.45, 2.75) is 12.5 Å². The highest BCUT2D eigenvalue weighted by molar-refractivity contribution is 6.31. The van der Waals surface area contributed by atoms with Crippen LogP contribution in [0.5, 0.6) is 0 Å². The van der Waals surface area contributed by atoms with E-state index in [-0.39, 0.29) is 55.0 Å². The van der Waals surface area contributed by atoms with Crippen molar-refractivity contribution in [3.05, 3.63) is 86.4 Å². The maximum atomic E-state index is 12.1. The summed E-state index contributed by atoms with van der Waals surface area (Å²) in [5, 5.41) is 8.05. The number of nitrogens with one attached hydrogen (secondary N) is 3. The van der Waals surface area contributed by atoms with E-state index in [9.17, 15) is 22.8 Å². The molecule has 0 saturated heterocycles. The second kappa shape index (κ2) is 20.9. The zero-order chi connectivity index (χ0) is 24.8. The van der Waals surface area contributed by atoms with Crippen molar-refractivity contribution in [2.24, 2.45) is 0 Å². The molecule has 178 valence electrons. The minimum absolute atomic E-state index is 0.0370. The van der Waals surface area contributed by atoms with Gasteiger partial charge in [-0.2, -0.15) is 0 Å². The van der Waals surface area contributed by atoms with Crippen molar-refractivity contribution < 1.29 is 32.2 Å². The topological polar surface area (TPSA) is 88.7 Å². The van der Waals surface area contributed by atoms with Crippen LogP contribution < -0.4 is 16.0 Å². The van der Waals surface area contributed by atoms with E-state index in [0.29, 0.717) is 18.4 Å². The lowest BCUT2D eigenvalue weighted by atomic mass is 10.2. The highest BCUT2D eigenvalue weighted by Crippen LogP contribution is 2.08. The first-order valence-corrected chi connectivity index (χ1v) is 9.31. The molecule has 0 radical (unpaired) electrons. The molecule has 1 rings (SSSR count). The van der Waals surface area contributed by atoms with E-state index in [1.54, 1.807) is 0 Å². The van der Waals surface area contributed by atoms with E-state index in [1.807, 2.05) is 0 Å². The summed E-state index contributed by atoms with van der Waals surface area (Å²) in [6.07, 6.45) is 5.44. The molecular weight excluding hydrogens is 451 g/mol. The molecule has 1 aliphatic rings. The van der Waals surface area contributed by atoms with E-state index >= 15 is 0 Å². The normalized spacial score (nSPS) is 14.4. The fourth-order valence-corrected chi connectivity index (χ4v) is 1.73. The van der Waals surface area contributed by atoms with Gasteiger partial charge in [-0.15, -0.1) is 0 Å². The first-order valence-electron chi connectivity index (χ1n) is 8.93. The van der Waals surface area contributed by atoms with Crippen LogP contribution in [0.25, 0.3) is 0 Å². The van der Waals surface area contributed by atoms with Gasteiger partial charge in [0.25, 0.3) is 11.8 Å². The van der Waals surface area contributed by atoms with Crippen LogP contribution in [0, 0.1) is 0 Å². The van der Waals surface area contributed by atoms with Crippen LogP contribution >= 0.6 is 11.6 Å². The van der Waals surface area contributed by atoms with E-state index in [4.69, 9.17) is 21.1 Å². The molecule has 0 aliphatic carbocycles. The second-order valence-electron chi connectivity index (χ2n) is 5.38. The summed E-state index contributed by atoms with van der Waals surface area (Å²) in [6.45, 7) is 13.3. The first-order chi connectivity index (χ1) is 15.3. The van der Waals surface area contributed by atoms with Gasteiger partial charge in [0.2, 0.25) is 0 Å². The average Bonchev–Trinajstić information content (AvgIpc) is 2.78. The number of carbonyl (C=O) groups excluding carboxylic acids is 2. The Bertz CT molecular complexity index is 725. The van der Waals surface area contributed by atoms with Crippen molar-refractivity contribution >= 4 is 23.4 Å². The van der Waals surface area contributed by atoms with E-state index in [2.05, 4.69) is 42.3 Å². The summed E-state index contributed by atoms with van der Waals surface area (Å²) in [6, 6.07) is 0. The number of hydrogen-bond donors (Lipinski definition) is 3. The average molecular weight is 478 g/mol. The molecule has 7 nitrogen and oxygen atoms in total. The number of rotatable bonds is 10. The van der Waals surface area contributed by atoms with Crippen molar-refractivity contribution in [3.63, 3.8) is 0 Å². The molecule has 3 N–H and O–H groups in total. The summed E-state index contributed by atoms with van der Waals surface area (Å²) in [4.78, 5) is 23.3. The van der Waals surface area contributed by atoms with Gasteiger partial charge in [0, 0.05) is 30.9 Å². The number of halogens is 4. The third kappa shape index (κ3) is 17.5. The van der Waals surface area contributed by atoms with Crippen LogP contribution in [0.1, 0.15) is 6.42 Å². The molecule has 0 aromatic carbocycles. The fourth-order valence-electron chi connectivity index (χ4n) is 1.73. The predicted molar refractivity (Wildman–Crippen MR) is 119 cm³/mol. The molecular formula is C21H27ClF3N3O4. The number of ether oxygens (including phenoxy) is 2. The zero-order valence-corrected chi connectivity index (χ0v) is 18.2. The van der Waals surface area contributed by atoms with E-state index in [0.717, 1.165) is 6.08 Å². The lowest BCUT2D eigenvalue weighted by molar-refractivity contribution is -0.130. The van der Waals surface area contributed by atoms with E-state index in [1.165, 1.54) is 18.5 Å². The number of carbonyl (C=O) groups is 2. The Morgan fingerprint density at radius 1 is 1.31 bits per heavy atom. The maximum Gasteiger partial charge on any atom is 0.262 e. The van der Waals surface area contributed by atoms with Crippen molar-refractivity contribution in [1.29, 1.82) is 0 Å². The van der Waals surface area contributed by atoms with Gasteiger partial charge in [0.1, 0.15) is 12.1 Å². The quantitative estimate of drug-likeness (QED) is 0.328. The molecule has 0 aromatic heterocycles. The highest BCUT2D eigenvalue weighted by atomic mass is 35.5. The van der Waals surface area contributed by atoms with Crippen LogP contribution in [0.15, 0.2) is 86.4 Å². The van der Waals surface area contributed by atoms with Gasteiger partial charge >= 0.3 is 0 Å². The molecule has 0 fully saturated rings. The fraction of sp³-hybridized carbons (Fsp3) is 0.238. The third-order valence-electron chi connectivity index (χ3n) is 3.02. The van der Waals surface area contributed by atoms with Crippen LogP contribution in [0.3, 0.4) is 0 Å². The summed E-state index contributed by atoms with van der Waals surface area (Å²) in [7, 11) is 0. The SMILES string of the molecule is C=C/C(Cl)=C/F.C=CF.C=COCC(=O)NC(=C)CCNC(=O)C1CNC=C(/C=C/F)O1. The van der Waals surface area contributed by atoms with Crippen LogP contribution in [0.4, 0.5) is 13.2 Å². The van der Waals surface area contributed by atoms with Crippen molar-refractivity contribution in [1.82, 2.24) is 16.0 Å². The molecule has 11 heteroatoms. The predicted octanol–water partition coefficient (Wildman–Crippen LogP) is 3.92. The molecule has 1 aliphatic heterocycles. The number of amides is 2. The Hall–Kier alpha value is -3.40. The smallest absolute Gasteiger partial charge is 0.262 e. The van der Waals surface area contributed by atoms with Gasteiger partial charge < -0.3 is 25.4 Å². The van der Waals surface area contributed by atoms with Gasteiger partial charge in [-0.3, -0.25) is 9.59 Å². The Kier molecular flexibility index (Phi) is 20.1. The standard InChI is InChI=1S/C15H20FN3O4.C4H4ClF.C2H3F/c1-3-22-10-14(20)19-11(2)5-7-18-15(21)13-9-17-8-12(23-13)4-6-16;1-2-4(5)3-6;1-2-3/h3-4,6,8,13,17H,1-2,5,7,9-10H2,(H,18,21)(H,19,20);2-3H,1H2;2H,1H2/b6-4+;4-3-;. The van der Waals surface area contributed by atoms with E-state index < -0.39 is 6.10 Å². The summed E-state index contributed by atoms with van der Waals surface area (Å²) in [5.41, 5.74) is 0.451. The monoisotopic (exact) mass is 477 g/mol. The van der Waals surface area contributed by atoms with Crippen LogP contribution in [-0.4, -0.2) is 37.6 Å². The Morgan fingerprint density at radius 2 is 1.97 bits per heavy atom. The first kappa shape index (κ1) is 30.8. The van der Waals surface area contributed by atoms with Crippen molar-refractivity contribution in [3.8, 4) is 0 Å². The summed E-state index contributed by atoms with van der Waals surface area (Å²) >= 11 is 5.02. The molecule has 1 atom stereocenters. The lowest BCUT2D eigenvalue weighted by Crippen LogP contribution is -2.44. The second-order valence-corrected chi connectivity index (χ2v) is 5.81. The lowest BCUT2D eigenvalue weighted by Gasteiger charge is -2.23. The van der Waals surface area contributed by atoms with Gasteiger partial charge in [-0.05, 0) is 6.08 Å². The van der Waals surface area contributed by atoms with Gasteiger partial charge in [-0.25, -0.2) is 13.2 Å². The molecule has 0 aromatic rings. The third-order valence-corrected chi connectivity index (χ3v) is 3.26. The summed E-state index contributed by atoms with van der Waals surface area (Å²) in [5.74, 6) is -0.462. The Labute approximate surface area is 190 Å². The molecule has 1 heterocycles. The Morgan fingerprint density at radius 3 is 2.47 bits per heavy atom. The zero-order valence-electron chi connectivity index (χ0n) is 17.4. The molecule has 0 spiro atoms. The molecule has 0 bridgehead atoms. The van der Waals surface area contributed by atoms with Crippen LogP contribution in [-0.2, 0) is 19.1 Å². The number of hydrogen-bond acceptors (Lipinski definition) is 5. The molecule has 0 saturated carbocycles. The molecule has 32 heavy (non-hydrogen) atoms. The molecule has 2 amide bonds.